The van der Waals surface area contributed by atoms with Gasteiger partial charge in [-0.3, -0.25) is 4.79 Å². The van der Waals surface area contributed by atoms with E-state index in [1.807, 2.05) is 0 Å². The molecule has 4 rings (SSSR count). The molecule has 170 valence electrons. The number of carbonyl (C=O) groups excluding carboxylic acids is 1. The third-order valence-electron chi connectivity index (χ3n) is 5.39. The van der Waals surface area contributed by atoms with Crippen LogP contribution in [0.3, 0.4) is 0 Å². The predicted molar refractivity (Wildman–Crippen MR) is 113 cm³/mol. The fourth-order valence-corrected chi connectivity index (χ4v) is 5.22. The molecule has 0 bridgehead atoms. The van der Waals surface area contributed by atoms with Gasteiger partial charge in [0.1, 0.15) is 17.7 Å². The lowest BCUT2D eigenvalue weighted by Crippen LogP contribution is -2.42. The summed E-state index contributed by atoms with van der Waals surface area (Å²) in [5, 5.41) is 0. The van der Waals surface area contributed by atoms with Gasteiger partial charge >= 0.3 is 5.97 Å². The van der Waals surface area contributed by atoms with Crippen molar-refractivity contribution in [2.75, 3.05) is 25.4 Å². The van der Waals surface area contributed by atoms with Gasteiger partial charge in [-0.05, 0) is 43.5 Å². The number of hydrogen-bond acceptors (Lipinski definition) is 8. The molecule has 2 aromatic heterocycles. The predicted octanol–water partition coefficient (Wildman–Crippen LogP) is 1.58. The number of anilines is 1. The van der Waals surface area contributed by atoms with Crippen LogP contribution in [0.1, 0.15) is 19.3 Å². The largest absolute Gasteiger partial charge is 0.465 e. The van der Waals surface area contributed by atoms with Crippen LogP contribution in [-0.4, -0.2) is 57.9 Å². The first-order chi connectivity index (χ1) is 15.4. The van der Waals surface area contributed by atoms with Gasteiger partial charge in [0.2, 0.25) is 10.0 Å². The smallest absolute Gasteiger partial charge is 0.310 e. The number of imidazole rings is 1. The molecule has 0 saturated carbocycles. The second-order valence-corrected chi connectivity index (χ2v) is 9.48. The van der Waals surface area contributed by atoms with Crippen molar-refractivity contribution in [1.29, 1.82) is 0 Å². The summed E-state index contributed by atoms with van der Waals surface area (Å²) < 4.78 is 47.2. The number of fused-ring (bicyclic) bond motifs is 1. The van der Waals surface area contributed by atoms with E-state index in [1.165, 1.54) is 22.8 Å². The Labute approximate surface area is 184 Å². The normalized spacial score (nSPS) is 17.5. The van der Waals surface area contributed by atoms with Gasteiger partial charge < -0.3 is 15.0 Å². The first-order valence-electron chi connectivity index (χ1n) is 10.2. The Bertz CT molecular complexity index is 1210. The number of esters is 1. The van der Waals surface area contributed by atoms with Crippen molar-refractivity contribution in [2.24, 2.45) is 5.92 Å². The molecule has 1 saturated heterocycles. The molecule has 12 heteroatoms. The summed E-state index contributed by atoms with van der Waals surface area (Å²) in [5.74, 6) is -1.17. The van der Waals surface area contributed by atoms with Gasteiger partial charge in [0, 0.05) is 19.6 Å². The molecule has 1 unspecified atom stereocenters. The number of carbonyl (C=O) groups is 1. The van der Waals surface area contributed by atoms with Crippen molar-refractivity contribution >= 4 is 33.0 Å². The third-order valence-corrected chi connectivity index (χ3v) is 7.27. The SMILES string of the molecule is Nc1ncnc2c1ncn2CCCOC(=O)C1CCCN(S(=O)(=O)c2ccc(F)cc2)C1. The third kappa shape index (κ3) is 4.55. The molecule has 3 heterocycles. The van der Waals surface area contributed by atoms with E-state index in [1.54, 1.807) is 10.9 Å². The highest BCUT2D eigenvalue weighted by Gasteiger charge is 2.34. The summed E-state index contributed by atoms with van der Waals surface area (Å²) in [6, 6.07) is 4.66. The lowest BCUT2D eigenvalue weighted by atomic mass is 10.00. The van der Waals surface area contributed by atoms with Gasteiger partial charge in [0.15, 0.2) is 11.5 Å². The average molecular weight is 463 g/mol. The number of nitrogens with two attached hydrogens (primary N) is 1. The van der Waals surface area contributed by atoms with E-state index in [0.29, 0.717) is 49.3 Å². The molecule has 3 aromatic rings. The average Bonchev–Trinajstić information content (AvgIpc) is 3.21. The minimum absolute atomic E-state index is 0.00456. The highest BCUT2D eigenvalue weighted by Crippen LogP contribution is 2.25. The van der Waals surface area contributed by atoms with Crippen LogP contribution in [-0.2, 0) is 26.1 Å². The van der Waals surface area contributed by atoms with Crippen LogP contribution in [0.15, 0.2) is 41.8 Å². The fraction of sp³-hybridized carbons (Fsp3) is 0.400. The summed E-state index contributed by atoms with van der Waals surface area (Å²) in [7, 11) is -3.80. The number of nitrogen functional groups attached to an aromatic ring is 1. The lowest BCUT2D eigenvalue weighted by Gasteiger charge is -2.30. The summed E-state index contributed by atoms with van der Waals surface area (Å²) in [5.41, 5.74) is 6.90. The van der Waals surface area contributed by atoms with E-state index in [0.717, 1.165) is 12.1 Å². The minimum atomic E-state index is -3.80. The Morgan fingerprint density at radius 3 is 2.78 bits per heavy atom. The lowest BCUT2D eigenvalue weighted by molar-refractivity contribution is -0.149. The zero-order chi connectivity index (χ0) is 22.7. The van der Waals surface area contributed by atoms with Crippen LogP contribution in [0.2, 0.25) is 0 Å². The van der Waals surface area contributed by atoms with E-state index in [9.17, 15) is 17.6 Å². The maximum absolute atomic E-state index is 13.1. The maximum Gasteiger partial charge on any atom is 0.310 e. The molecule has 0 spiro atoms. The van der Waals surface area contributed by atoms with E-state index in [-0.39, 0.29) is 18.0 Å². The Kier molecular flexibility index (Phi) is 6.33. The van der Waals surface area contributed by atoms with Gasteiger partial charge in [-0.1, -0.05) is 0 Å². The number of rotatable bonds is 7. The van der Waals surface area contributed by atoms with Gasteiger partial charge in [-0.2, -0.15) is 4.31 Å². The number of ether oxygens (including phenoxy) is 1. The summed E-state index contributed by atoms with van der Waals surface area (Å²) in [4.78, 5) is 24.8. The quantitative estimate of drug-likeness (QED) is 0.413. The molecule has 1 fully saturated rings. The first kappa shape index (κ1) is 22.1. The molecule has 1 aromatic carbocycles. The second-order valence-electron chi connectivity index (χ2n) is 7.55. The van der Waals surface area contributed by atoms with Crippen LogP contribution in [0.25, 0.3) is 11.2 Å². The van der Waals surface area contributed by atoms with Gasteiger partial charge in [0.25, 0.3) is 0 Å². The number of sulfonamides is 1. The number of nitrogens with zero attached hydrogens (tertiary/aromatic N) is 5. The monoisotopic (exact) mass is 462 g/mol. The van der Waals surface area contributed by atoms with E-state index in [2.05, 4.69) is 15.0 Å². The standard InChI is InChI=1S/C20H23FN6O4S/c21-15-4-6-16(7-5-15)32(29,30)27-9-1-3-14(11-27)20(28)31-10-2-8-26-13-25-17-18(22)23-12-24-19(17)26/h4-7,12-14H,1-3,8-11H2,(H2,22,23,24). The number of aromatic nitrogens is 4. The van der Waals surface area contributed by atoms with Crippen molar-refractivity contribution in [3.05, 3.63) is 42.7 Å². The van der Waals surface area contributed by atoms with Crippen LogP contribution >= 0.6 is 0 Å². The topological polar surface area (TPSA) is 133 Å². The van der Waals surface area contributed by atoms with Gasteiger partial charge in [0.05, 0.1) is 23.7 Å². The van der Waals surface area contributed by atoms with Crippen LogP contribution in [0.5, 0.6) is 0 Å². The molecule has 2 N–H and O–H groups in total. The van der Waals surface area contributed by atoms with Gasteiger partial charge in [-0.25, -0.2) is 27.8 Å². The molecule has 0 amide bonds. The van der Waals surface area contributed by atoms with E-state index >= 15 is 0 Å². The molecular weight excluding hydrogens is 439 g/mol. The Hall–Kier alpha value is -3.12. The molecular formula is C20H23FN6O4S. The second kappa shape index (κ2) is 9.17. The zero-order valence-electron chi connectivity index (χ0n) is 17.2. The fourth-order valence-electron chi connectivity index (χ4n) is 3.70. The molecule has 1 aliphatic rings. The van der Waals surface area contributed by atoms with Crippen molar-refractivity contribution in [2.45, 2.75) is 30.7 Å². The van der Waals surface area contributed by atoms with Crippen LogP contribution in [0.4, 0.5) is 10.2 Å². The Morgan fingerprint density at radius 2 is 2.00 bits per heavy atom. The number of hydrogen-bond donors (Lipinski definition) is 1. The number of piperidine rings is 1. The van der Waals surface area contributed by atoms with Crippen molar-refractivity contribution in [3.8, 4) is 0 Å². The Morgan fingerprint density at radius 1 is 1.22 bits per heavy atom. The molecule has 1 atom stereocenters. The summed E-state index contributed by atoms with van der Waals surface area (Å²) >= 11 is 0. The molecule has 10 nitrogen and oxygen atoms in total. The Balaban J connectivity index is 1.30. The maximum atomic E-state index is 13.1. The molecule has 0 radical (unpaired) electrons. The number of aryl methyl sites for hydroxylation is 1. The zero-order valence-corrected chi connectivity index (χ0v) is 18.0. The number of halogens is 1. The van der Waals surface area contributed by atoms with Crippen molar-refractivity contribution in [1.82, 2.24) is 23.8 Å². The molecule has 1 aliphatic heterocycles. The summed E-state index contributed by atoms with van der Waals surface area (Å²) in [6.45, 7) is 1.05. The first-order valence-corrected chi connectivity index (χ1v) is 11.6. The van der Waals surface area contributed by atoms with Crippen molar-refractivity contribution in [3.63, 3.8) is 0 Å². The van der Waals surface area contributed by atoms with Crippen molar-refractivity contribution < 1.29 is 22.3 Å². The van der Waals surface area contributed by atoms with E-state index < -0.39 is 27.7 Å². The number of benzene rings is 1. The van der Waals surface area contributed by atoms with Crippen LogP contribution < -0.4 is 5.73 Å². The highest BCUT2D eigenvalue weighted by molar-refractivity contribution is 7.89. The molecule has 0 aliphatic carbocycles. The highest BCUT2D eigenvalue weighted by atomic mass is 32.2. The summed E-state index contributed by atoms with van der Waals surface area (Å²) in [6.07, 6.45) is 4.60. The van der Waals surface area contributed by atoms with E-state index in [4.69, 9.17) is 10.5 Å². The van der Waals surface area contributed by atoms with Crippen LogP contribution in [0, 0.1) is 11.7 Å². The molecule has 32 heavy (non-hydrogen) atoms. The minimum Gasteiger partial charge on any atom is -0.465 e. The van der Waals surface area contributed by atoms with Gasteiger partial charge in [-0.15, -0.1) is 0 Å².